The van der Waals surface area contributed by atoms with E-state index in [0.717, 1.165) is 0 Å². The monoisotopic (exact) mass is 279 g/mol. The van der Waals surface area contributed by atoms with Gasteiger partial charge in [0.1, 0.15) is 6.42 Å². The van der Waals surface area contributed by atoms with Crippen molar-refractivity contribution in [1.82, 2.24) is 0 Å². The van der Waals surface area contributed by atoms with Crippen LogP contribution in [0.1, 0.15) is 27.2 Å². The zero-order valence-corrected chi connectivity index (χ0v) is 11.7. The van der Waals surface area contributed by atoms with Crippen LogP contribution >= 0.6 is 0 Å². The van der Waals surface area contributed by atoms with Gasteiger partial charge >= 0.3 is 5.97 Å². The van der Waals surface area contributed by atoms with Crippen LogP contribution in [0, 0.1) is 0 Å². The molecule has 0 spiro atoms. The molecule has 1 aromatic carbocycles. The van der Waals surface area contributed by atoms with Crippen LogP contribution in [0.3, 0.4) is 0 Å². The smallest absolute Gasteiger partial charge is 0.313 e. The zero-order valence-electron chi connectivity index (χ0n) is 11.7. The number of hydrogen-bond acceptors (Lipinski definition) is 5. The maximum absolute atomic E-state index is 11.5. The molecule has 6 heteroatoms. The van der Waals surface area contributed by atoms with E-state index in [1.807, 2.05) is 0 Å². The van der Waals surface area contributed by atoms with Crippen molar-refractivity contribution in [3.05, 3.63) is 18.2 Å². The Morgan fingerprint density at radius 1 is 1.30 bits per heavy atom. The topological polar surface area (TPSA) is 73.9 Å². The van der Waals surface area contributed by atoms with Crippen LogP contribution in [-0.4, -0.2) is 24.3 Å². The van der Waals surface area contributed by atoms with Crippen LogP contribution in [0.15, 0.2) is 18.2 Å². The predicted octanol–water partition coefficient (Wildman–Crippen LogP) is 2.09. The summed E-state index contributed by atoms with van der Waals surface area (Å²) in [5.41, 5.74) is 0.611. The van der Waals surface area contributed by atoms with Crippen LogP contribution in [0.4, 0.5) is 5.69 Å². The highest BCUT2D eigenvalue weighted by atomic mass is 16.7. The second kappa shape index (κ2) is 5.40. The Morgan fingerprint density at radius 2 is 2.00 bits per heavy atom. The van der Waals surface area contributed by atoms with E-state index in [1.54, 1.807) is 32.0 Å². The summed E-state index contributed by atoms with van der Waals surface area (Å²) in [6.45, 7) is 5.15. The molecule has 1 aliphatic heterocycles. The minimum atomic E-state index is -1.08. The number of ether oxygens (including phenoxy) is 3. The summed E-state index contributed by atoms with van der Waals surface area (Å²) in [5.74, 6) is -0.610. The minimum Gasteiger partial charge on any atom is -0.466 e. The summed E-state index contributed by atoms with van der Waals surface area (Å²) >= 11 is 0. The van der Waals surface area contributed by atoms with Crippen molar-refractivity contribution in [3.63, 3.8) is 0 Å². The largest absolute Gasteiger partial charge is 0.466 e. The molecule has 1 N–H and O–H groups in total. The Morgan fingerprint density at radius 3 is 2.65 bits per heavy atom. The van der Waals surface area contributed by atoms with Gasteiger partial charge in [-0.15, -0.1) is 0 Å². The Hall–Kier alpha value is -2.24. The highest BCUT2D eigenvalue weighted by Crippen LogP contribution is 2.42. The van der Waals surface area contributed by atoms with Crippen molar-refractivity contribution in [2.45, 2.75) is 33.0 Å². The Labute approximate surface area is 117 Å². The summed E-state index contributed by atoms with van der Waals surface area (Å²) in [4.78, 5) is 22.5. The Balaban J connectivity index is 2.10. The number of amides is 1. The normalized spacial score (nSPS) is 19.6. The maximum Gasteiger partial charge on any atom is 0.313 e. The molecule has 0 aliphatic carbocycles. The average molecular weight is 279 g/mol. The predicted molar refractivity (Wildman–Crippen MR) is 71.7 cm³/mol. The van der Waals surface area contributed by atoms with Gasteiger partial charge in [-0.05, 0) is 19.1 Å². The minimum absolute atomic E-state index is 0.00894. The van der Waals surface area contributed by atoms with Crippen molar-refractivity contribution in [2.24, 2.45) is 0 Å². The first-order valence-corrected chi connectivity index (χ1v) is 6.37. The van der Waals surface area contributed by atoms with E-state index >= 15 is 0 Å². The van der Waals surface area contributed by atoms with Crippen molar-refractivity contribution < 1.29 is 23.8 Å². The molecule has 1 aliphatic rings. The van der Waals surface area contributed by atoms with Crippen molar-refractivity contribution in [1.29, 1.82) is 0 Å². The quantitative estimate of drug-likeness (QED) is 0.854. The number of carbonyl (C=O) groups is 2. The third-order valence-electron chi connectivity index (χ3n) is 2.69. The van der Waals surface area contributed by atoms with E-state index in [9.17, 15) is 9.59 Å². The van der Waals surface area contributed by atoms with Gasteiger partial charge in [0, 0.05) is 25.6 Å². The molecular formula is C14H17NO5. The van der Waals surface area contributed by atoms with Gasteiger partial charge < -0.3 is 19.5 Å². The molecule has 6 nitrogen and oxygen atoms in total. The number of hydrogen-bond donors (Lipinski definition) is 1. The molecule has 1 atom stereocenters. The van der Waals surface area contributed by atoms with Gasteiger partial charge in [-0.2, -0.15) is 0 Å². The standard InChI is InChI=1S/C14H17NO5/c1-4-18-13(17)8-14(3)19-11-6-5-10(15-9(2)16)7-12(11)20-14/h5-7H,4,8H2,1-3H3,(H,15,16). The zero-order chi connectivity index (χ0) is 14.8. The lowest BCUT2D eigenvalue weighted by molar-refractivity contribution is -0.155. The summed E-state index contributed by atoms with van der Waals surface area (Å²) in [6, 6.07) is 5.06. The van der Waals surface area contributed by atoms with Gasteiger partial charge in [0.15, 0.2) is 11.5 Å². The van der Waals surface area contributed by atoms with Gasteiger partial charge in [0.2, 0.25) is 5.91 Å². The molecule has 1 heterocycles. The second-order valence-electron chi connectivity index (χ2n) is 4.66. The fourth-order valence-electron chi connectivity index (χ4n) is 1.99. The van der Waals surface area contributed by atoms with E-state index in [4.69, 9.17) is 14.2 Å². The molecule has 0 bridgehead atoms. The van der Waals surface area contributed by atoms with E-state index in [-0.39, 0.29) is 18.3 Å². The molecular weight excluding hydrogens is 262 g/mol. The molecule has 1 aromatic rings. The Kier molecular flexibility index (Phi) is 3.83. The highest BCUT2D eigenvalue weighted by molar-refractivity contribution is 5.89. The summed E-state index contributed by atoms with van der Waals surface area (Å²) < 4.78 is 16.2. The van der Waals surface area contributed by atoms with Gasteiger partial charge in [-0.25, -0.2) is 0 Å². The van der Waals surface area contributed by atoms with E-state index < -0.39 is 5.79 Å². The molecule has 0 fully saturated rings. The number of esters is 1. The third kappa shape index (κ3) is 3.20. The summed E-state index contributed by atoms with van der Waals surface area (Å²) in [6.07, 6.45) is -0.00894. The summed E-state index contributed by atoms with van der Waals surface area (Å²) in [7, 11) is 0. The van der Waals surface area contributed by atoms with E-state index in [1.165, 1.54) is 6.92 Å². The van der Waals surface area contributed by atoms with E-state index in [2.05, 4.69) is 5.32 Å². The molecule has 0 radical (unpaired) electrons. The van der Waals surface area contributed by atoms with Crippen LogP contribution in [0.25, 0.3) is 0 Å². The average Bonchev–Trinajstić information content (AvgIpc) is 2.63. The lowest BCUT2D eigenvalue weighted by atomic mass is 10.2. The van der Waals surface area contributed by atoms with Gasteiger partial charge in [0.25, 0.3) is 5.79 Å². The molecule has 1 amide bonds. The first-order chi connectivity index (χ1) is 9.42. The van der Waals surface area contributed by atoms with Crippen LogP contribution in [-0.2, 0) is 14.3 Å². The van der Waals surface area contributed by atoms with Crippen LogP contribution in [0.5, 0.6) is 11.5 Å². The van der Waals surface area contributed by atoms with Gasteiger partial charge in [-0.1, -0.05) is 0 Å². The van der Waals surface area contributed by atoms with Gasteiger partial charge in [0.05, 0.1) is 6.61 Å². The maximum atomic E-state index is 11.5. The second-order valence-corrected chi connectivity index (χ2v) is 4.66. The lowest BCUT2D eigenvalue weighted by Gasteiger charge is -2.21. The molecule has 0 saturated heterocycles. The van der Waals surface area contributed by atoms with E-state index in [0.29, 0.717) is 23.8 Å². The molecule has 108 valence electrons. The third-order valence-corrected chi connectivity index (χ3v) is 2.69. The van der Waals surface area contributed by atoms with Crippen molar-refractivity contribution in [2.75, 3.05) is 11.9 Å². The van der Waals surface area contributed by atoms with Crippen molar-refractivity contribution >= 4 is 17.6 Å². The molecule has 0 saturated carbocycles. The van der Waals surface area contributed by atoms with Gasteiger partial charge in [-0.3, -0.25) is 9.59 Å². The number of benzene rings is 1. The lowest BCUT2D eigenvalue weighted by Crippen LogP contribution is -2.37. The Bertz CT molecular complexity index is 542. The van der Waals surface area contributed by atoms with Crippen LogP contribution < -0.4 is 14.8 Å². The molecule has 1 unspecified atom stereocenters. The SMILES string of the molecule is CCOC(=O)CC1(C)Oc2ccc(NC(C)=O)cc2O1. The van der Waals surface area contributed by atoms with Crippen molar-refractivity contribution in [3.8, 4) is 11.5 Å². The molecule has 2 rings (SSSR count). The highest BCUT2D eigenvalue weighted by Gasteiger charge is 2.39. The summed E-state index contributed by atoms with van der Waals surface area (Å²) in [5, 5.41) is 2.66. The number of fused-ring (bicyclic) bond motifs is 1. The number of anilines is 1. The fourth-order valence-corrected chi connectivity index (χ4v) is 1.99. The molecule has 20 heavy (non-hydrogen) atoms. The number of nitrogens with one attached hydrogen (secondary N) is 1. The fraction of sp³-hybridized carbons (Fsp3) is 0.429. The van der Waals surface area contributed by atoms with Crippen LogP contribution in [0.2, 0.25) is 0 Å². The number of carbonyl (C=O) groups excluding carboxylic acids is 2. The number of rotatable bonds is 4. The first kappa shape index (κ1) is 14.2. The molecule has 0 aromatic heterocycles. The first-order valence-electron chi connectivity index (χ1n) is 6.37.